The lowest BCUT2D eigenvalue weighted by Crippen LogP contribution is -2.17. The number of hydrazone groups is 1. The molecule has 0 atom stereocenters. The average molecular weight is 355 g/mol. The summed E-state index contributed by atoms with van der Waals surface area (Å²) in [5, 5.41) is 11.6. The molecule has 0 aliphatic rings. The standard InChI is InChI=1S/C18H15ClN4O2/c1-25-16-8-4-13(5-9-16)18(24)23-21-11-14-10-20-22-17(14)12-2-6-15(19)7-3-12/h2-11H,1H3,(H,20,22)(H,23,24). The van der Waals surface area contributed by atoms with Gasteiger partial charge in [-0.25, -0.2) is 5.43 Å². The highest BCUT2D eigenvalue weighted by molar-refractivity contribution is 6.30. The van der Waals surface area contributed by atoms with E-state index in [1.807, 2.05) is 12.1 Å². The number of hydrogen-bond donors (Lipinski definition) is 2. The first-order chi connectivity index (χ1) is 12.2. The van der Waals surface area contributed by atoms with Gasteiger partial charge in [0.15, 0.2) is 0 Å². The van der Waals surface area contributed by atoms with E-state index in [2.05, 4.69) is 20.7 Å². The molecular formula is C18H15ClN4O2. The Morgan fingerprint density at radius 3 is 2.60 bits per heavy atom. The van der Waals surface area contributed by atoms with Gasteiger partial charge < -0.3 is 4.74 Å². The number of nitrogens with one attached hydrogen (secondary N) is 2. The summed E-state index contributed by atoms with van der Waals surface area (Å²) in [6, 6.07) is 14.1. The monoisotopic (exact) mass is 354 g/mol. The Bertz CT molecular complexity index is 886. The Morgan fingerprint density at radius 2 is 1.92 bits per heavy atom. The molecule has 6 nitrogen and oxygen atoms in total. The SMILES string of the molecule is COc1ccc(C(=O)NN=Cc2cn[nH]c2-c2ccc(Cl)cc2)cc1. The van der Waals surface area contributed by atoms with Crippen LogP contribution in [0, 0.1) is 0 Å². The summed E-state index contributed by atoms with van der Waals surface area (Å²) in [7, 11) is 1.57. The molecule has 0 saturated carbocycles. The minimum Gasteiger partial charge on any atom is -0.497 e. The second-order valence-electron chi connectivity index (χ2n) is 5.13. The smallest absolute Gasteiger partial charge is 0.271 e. The molecule has 2 N–H and O–H groups in total. The van der Waals surface area contributed by atoms with Gasteiger partial charge in [0, 0.05) is 21.7 Å². The summed E-state index contributed by atoms with van der Waals surface area (Å²) in [5.74, 6) is 0.376. The Balaban J connectivity index is 1.69. The Morgan fingerprint density at radius 1 is 1.20 bits per heavy atom. The second kappa shape index (κ2) is 7.63. The van der Waals surface area contributed by atoms with Crippen LogP contribution in [0.2, 0.25) is 5.02 Å². The number of nitrogens with zero attached hydrogens (tertiary/aromatic N) is 2. The number of halogens is 1. The van der Waals surface area contributed by atoms with Crippen molar-refractivity contribution in [1.29, 1.82) is 0 Å². The maximum Gasteiger partial charge on any atom is 0.271 e. The van der Waals surface area contributed by atoms with Crippen LogP contribution in [0.1, 0.15) is 15.9 Å². The van der Waals surface area contributed by atoms with Gasteiger partial charge in [0.1, 0.15) is 5.75 Å². The number of carbonyl (C=O) groups is 1. The number of aromatic nitrogens is 2. The number of methoxy groups -OCH3 is 1. The zero-order chi connectivity index (χ0) is 17.6. The van der Waals surface area contributed by atoms with Gasteiger partial charge in [0.25, 0.3) is 5.91 Å². The van der Waals surface area contributed by atoms with Crippen LogP contribution in [0.5, 0.6) is 5.75 Å². The number of aromatic amines is 1. The number of benzene rings is 2. The van der Waals surface area contributed by atoms with E-state index in [0.717, 1.165) is 16.8 Å². The zero-order valence-electron chi connectivity index (χ0n) is 13.4. The topological polar surface area (TPSA) is 79.4 Å². The van der Waals surface area contributed by atoms with Gasteiger partial charge in [-0.3, -0.25) is 9.89 Å². The quantitative estimate of drug-likeness (QED) is 0.543. The van der Waals surface area contributed by atoms with Gasteiger partial charge in [-0.1, -0.05) is 23.7 Å². The van der Waals surface area contributed by atoms with Crippen molar-refractivity contribution in [2.45, 2.75) is 0 Å². The first-order valence-corrected chi connectivity index (χ1v) is 7.82. The van der Waals surface area contributed by atoms with Crippen LogP contribution in [-0.4, -0.2) is 29.4 Å². The lowest BCUT2D eigenvalue weighted by atomic mass is 10.1. The van der Waals surface area contributed by atoms with Gasteiger partial charge in [0.2, 0.25) is 0 Å². The second-order valence-corrected chi connectivity index (χ2v) is 5.57. The van der Waals surface area contributed by atoms with Crippen LogP contribution >= 0.6 is 11.6 Å². The third-order valence-corrected chi connectivity index (χ3v) is 3.78. The number of amides is 1. The van der Waals surface area contributed by atoms with Gasteiger partial charge in [-0.05, 0) is 36.4 Å². The molecule has 0 fully saturated rings. The molecule has 0 radical (unpaired) electrons. The van der Waals surface area contributed by atoms with E-state index in [9.17, 15) is 4.79 Å². The molecule has 0 aliphatic heterocycles. The Labute approximate surface area is 149 Å². The van der Waals surface area contributed by atoms with Gasteiger partial charge in [-0.2, -0.15) is 10.2 Å². The van der Waals surface area contributed by atoms with Crippen LogP contribution in [0.15, 0.2) is 59.8 Å². The summed E-state index contributed by atoms with van der Waals surface area (Å²) >= 11 is 5.90. The van der Waals surface area contributed by atoms with Crippen LogP contribution in [0.25, 0.3) is 11.3 Å². The fourth-order valence-corrected chi connectivity index (χ4v) is 2.33. The van der Waals surface area contributed by atoms with Crippen LogP contribution in [0.4, 0.5) is 0 Å². The highest BCUT2D eigenvalue weighted by Gasteiger charge is 2.07. The predicted molar refractivity (Wildman–Crippen MR) is 97.1 cm³/mol. The van der Waals surface area contributed by atoms with Crippen molar-refractivity contribution in [2.24, 2.45) is 5.10 Å². The molecule has 1 aromatic heterocycles. The van der Waals surface area contributed by atoms with Crippen molar-refractivity contribution in [1.82, 2.24) is 15.6 Å². The summed E-state index contributed by atoms with van der Waals surface area (Å²) in [5.41, 5.74) is 5.44. The van der Waals surface area contributed by atoms with Crippen molar-refractivity contribution in [3.05, 3.63) is 70.9 Å². The third kappa shape index (κ3) is 4.05. The first-order valence-electron chi connectivity index (χ1n) is 7.44. The summed E-state index contributed by atoms with van der Waals surface area (Å²) in [6.45, 7) is 0. The van der Waals surface area contributed by atoms with Gasteiger partial charge >= 0.3 is 0 Å². The van der Waals surface area contributed by atoms with E-state index >= 15 is 0 Å². The molecule has 7 heteroatoms. The lowest BCUT2D eigenvalue weighted by molar-refractivity contribution is 0.0955. The van der Waals surface area contributed by atoms with Crippen molar-refractivity contribution in [3.63, 3.8) is 0 Å². The molecule has 0 saturated heterocycles. The Hall–Kier alpha value is -3.12. The van der Waals surface area contributed by atoms with Gasteiger partial charge in [-0.15, -0.1) is 0 Å². The first kappa shape index (κ1) is 16.7. The zero-order valence-corrected chi connectivity index (χ0v) is 14.1. The molecule has 3 rings (SSSR count). The lowest BCUT2D eigenvalue weighted by Gasteiger charge is -2.02. The summed E-state index contributed by atoms with van der Waals surface area (Å²) < 4.78 is 5.06. The predicted octanol–water partition coefficient (Wildman–Crippen LogP) is 3.50. The van der Waals surface area contributed by atoms with Crippen LogP contribution < -0.4 is 10.2 Å². The molecule has 0 spiro atoms. The largest absolute Gasteiger partial charge is 0.497 e. The number of carbonyl (C=O) groups excluding carboxylic acids is 1. The molecule has 126 valence electrons. The highest BCUT2D eigenvalue weighted by atomic mass is 35.5. The number of ether oxygens (including phenoxy) is 1. The average Bonchev–Trinajstić information content (AvgIpc) is 3.11. The molecule has 2 aromatic carbocycles. The minimum atomic E-state index is -0.310. The van der Waals surface area contributed by atoms with Crippen molar-refractivity contribution in [3.8, 4) is 17.0 Å². The van der Waals surface area contributed by atoms with E-state index in [-0.39, 0.29) is 5.91 Å². The number of hydrogen-bond acceptors (Lipinski definition) is 4. The van der Waals surface area contributed by atoms with E-state index < -0.39 is 0 Å². The molecule has 1 heterocycles. The maximum atomic E-state index is 12.1. The summed E-state index contributed by atoms with van der Waals surface area (Å²) in [6.07, 6.45) is 3.17. The summed E-state index contributed by atoms with van der Waals surface area (Å²) in [4.78, 5) is 12.1. The van der Waals surface area contributed by atoms with Crippen LogP contribution in [0.3, 0.4) is 0 Å². The molecular weight excluding hydrogens is 340 g/mol. The van der Waals surface area contributed by atoms with E-state index in [4.69, 9.17) is 16.3 Å². The molecule has 3 aromatic rings. The van der Waals surface area contributed by atoms with Crippen molar-refractivity contribution < 1.29 is 9.53 Å². The molecule has 25 heavy (non-hydrogen) atoms. The van der Waals surface area contributed by atoms with E-state index in [0.29, 0.717) is 16.3 Å². The molecule has 0 unspecified atom stereocenters. The minimum absolute atomic E-state index is 0.310. The fraction of sp³-hybridized carbons (Fsp3) is 0.0556. The van der Waals surface area contributed by atoms with Crippen molar-refractivity contribution >= 4 is 23.7 Å². The number of H-pyrrole nitrogens is 1. The van der Waals surface area contributed by atoms with Crippen LogP contribution in [-0.2, 0) is 0 Å². The van der Waals surface area contributed by atoms with E-state index in [1.54, 1.807) is 49.7 Å². The Kier molecular flexibility index (Phi) is 5.11. The normalized spacial score (nSPS) is 10.8. The third-order valence-electron chi connectivity index (χ3n) is 3.52. The van der Waals surface area contributed by atoms with Crippen molar-refractivity contribution in [2.75, 3.05) is 7.11 Å². The number of rotatable bonds is 5. The van der Waals surface area contributed by atoms with E-state index in [1.165, 1.54) is 6.21 Å². The molecule has 1 amide bonds. The fourth-order valence-electron chi connectivity index (χ4n) is 2.21. The highest BCUT2D eigenvalue weighted by Crippen LogP contribution is 2.21. The molecule has 0 aliphatic carbocycles. The van der Waals surface area contributed by atoms with Gasteiger partial charge in [0.05, 0.1) is 25.2 Å². The maximum absolute atomic E-state index is 12.1. The molecule has 0 bridgehead atoms.